The summed E-state index contributed by atoms with van der Waals surface area (Å²) in [5.41, 5.74) is 0.965. The second-order valence-corrected chi connectivity index (χ2v) is 8.54. The molecule has 0 aliphatic carbocycles. The fourth-order valence-electron chi connectivity index (χ4n) is 2.91. The topological polar surface area (TPSA) is 93.5 Å². The number of benzene rings is 1. The lowest BCUT2D eigenvalue weighted by Crippen LogP contribution is -2.27. The Kier molecular flexibility index (Phi) is 5.85. The number of carbonyl (C=O) groups is 1. The maximum atomic E-state index is 12.5. The summed E-state index contributed by atoms with van der Waals surface area (Å²) < 4.78 is 27.6. The maximum Gasteiger partial charge on any atom is 0.266 e. The number of hydrogen-bond acceptors (Lipinski definition) is 5. The Labute approximate surface area is 163 Å². The van der Waals surface area contributed by atoms with Gasteiger partial charge in [0.2, 0.25) is 0 Å². The van der Waals surface area contributed by atoms with E-state index >= 15 is 0 Å². The number of carbonyl (C=O) groups excluding carboxylic acids is 1. The van der Waals surface area contributed by atoms with E-state index in [0.717, 1.165) is 37.3 Å². The van der Waals surface area contributed by atoms with E-state index < -0.39 is 15.9 Å². The highest BCUT2D eigenvalue weighted by Gasteiger charge is 2.25. The molecule has 2 aromatic rings. The van der Waals surface area contributed by atoms with Crippen molar-refractivity contribution in [3.8, 4) is 0 Å². The van der Waals surface area contributed by atoms with Crippen LogP contribution in [-0.4, -0.2) is 42.5 Å². The van der Waals surface area contributed by atoms with Crippen LogP contribution in [0, 0.1) is 0 Å². The van der Waals surface area contributed by atoms with Crippen molar-refractivity contribution in [1.82, 2.24) is 19.3 Å². The molecule has 0 unspecified atom stereocenters. The lowest BCUT2D eigenvalue weighted by molar-refractivity contribution is -0.0258. The quantitative estimate of drug-likeness (QED) is 0.732. The molecule has 8 nitrogen and oxygen atoms in total. The fraction of sp³-hybridized carbons (Fsp3) is 0.412. The summed E-state index contributed by atoms with van der Waals surface area (Å²) in [5, 5.41) is 2.78. The van der Waals surface area contributed by atoms with Gasteiger partial charge in [0.15, 0.2) is 0 Å². The molecular weight excluding hydrogens is 392 g/mol. The van der Waals surface area contributed by atoms with E-state index in [1.807, 2.05) is 6.20 Å². The van der Waals surface area contributed by atoms with Crippen LogP contribution in [0.1, 0.15) is 34.7 Å². The van der Waals surface area contributed by atoms with Crippen molar-refractivity contribution in [3.63, 3.8) is 0 Å². The van der Waals surface area contributed by atoms with E-state index in [1.54, 1.807) is 0 Å². The van der Waals surface area contributed by atoms with Gasteiger partial charge in [-0.15, -0.1) is 0 Å². The summed E-state index contributed by atoms with van der Waals surface area (Å²) in [6.45, 7) is 1.21. The predicted octanol–water partition coefficient (Wildman–Crippen LogP) is 1.98. The molecule has 27 heavy (non-hydrogen) atoms. The first-order chi connectivity index (χ1) is 12.8. The molecular formula is C17H21ClN4O4S. The van der Waals surface area contributed by atoms with Crippen molar-refractivity contribution in [2.75, 3.05) is 14.2 Å². The Balaban J connectivity index is 1.75. The first-order valence-electron chi connectivity index (χ1n) is 8.48. The number of aryl methyl sites for hydroxylation is 2. The molecule has 10 heteroatoms. The Bertz CT molecular complexity index is 934. The van der Waals surface area contributed by atoms with Crippen molar-refractivity contribution in [2.24, 2.45) is 0 Å². The van der Waals surface area contributed by atoms with Crippen LogP contribution in [0.2, 0.25) is 5.02 Å². The van der Waals surface area contributed by atoms with Gasteiger partial charge >= 0.3 is 0 Å². The third-order valence-electron chi connectivity index (χ3n) is 4.46. The third kappa shape index (κ3) is 4.16. The third-order valence-corrected chi connectivity index (χ3v) is 6.62. The van der Waals surface area contributed by atoms with E-state index in [1.165, 1.54) is 32.4 Å². The highest BCUT2D eigenvalue weighted by atomic mass is 35.5. The largest absolute Gasteiger partial charge is 0.346 e. The van der Waals surface area contributed by atoms with E-state index in [9.17, 15) is 13.2 Å². The van der Waals surface area contributed by atoms with E-state index in [4.69, 9.17) is 16.4 Å². The molecule has 0 spiro atoms. The second-order valence-electron chi connectivity index (χ2n) is 6.22. The molecule has 3 rings (SSSR count). The molecule has 1 aliphatic rings. The summed E-state index contributed by atoms with van der Waals surface area (Å²) in [6, 6.07) is 4.09. The molecule has 0 saturated heterocycles. The minimum Gasteiger partial charge on any atom is -0.346 e. The van der Waals surface area contributed by atoms with Gasteiger partial charge in [-0.2, -0.15) is 0 Å². The average molecular weight is 413 g/mol. The van der Waals surface area contributed by atoms with Crippen LogP contribution in [0.3, 0.4) is 0 Å². The molecule has 1 aliphatic heterocycles. The summed E-state index contributed by atoms with van der Waals surface area (Å²) in [7, 11) is -1.48. The summed E-state index contributed by atoms with van der Waals surface area (Å²) in [6.07, 6.45) is 5.15. The minimum absolute atomic E-state index is 0.0113. The van der Waals surface area contributed by atoms with Crippen LogP contribution in [0.25, 0.3) is 0 Å². The molecule has 2 heterocycles. The van der Waals surface area contributed by atoms with Crippen LogP contribution in [0.15, 0.2) is 29.3 Å². The zero-order valence-electron chi connectivity index (χ0n) is 15.1. The number of hydrogen-bond donors (Lipinski definition) is 1. The minimum atomic E-state index is -3.96. The van der Waals surface area contributed by atoms with Crippen LogP contribution >= 0.6 is 11.6 Å². The molecule has 0 saturated carbocycles. The summed E-state index contributed by atoms with van der Waals surface area (Å²) in [5.74, 6) is 0.627. The number of halogens is 1. The number of rotatable bonds is 6. The van der Waals surface area contributed by atoms with Gasteiger partial charge in [-0.05, 0) is 31.0 Å². The van der Waals surface area contributed by atoms with Crippen molar-refractivity contribution in [2.45, 2.75) is 37.2 Å². The molecule has 1 N–H and O–H groups in total. The van der Waals surface area contributed by atoms with Crippen molar-refractivity contribution in [1.29, 1.82) is 0 Å². The smallest absolute Gasteiger partial charge is 0.266 e. The zero-order valence-corrected chi connectivity index (χ0v) is 16.7. The molecule has 1 aromatic heterocycles. The Morgan fingerprint density at radius 1 is 1.41 bits per heavy atom. The molecule has 0 fully saturated rings. The number of hydroxylamine groups is 1. The molecule has 0 bridgehead atoms. The van der Waals surface area contributed by atoms with Gasteiger partial charge in [-0.1, -0.05) is 16.1 Å². The lowest BCUT2D eigenvalue weighted by Gasteiger charge is -2.15. The fourth-order valence-corrected chi connectivity index (χ4v) is 4.38. The van der Waals surface area contributed by atoms with Gasteiger partial charge in [-0.3, -0.25) is 9.63 Å². The SMILES string of the molecule is CON(C)S(=O)(=O)c1cc(C(=O)NCc2cn3c(n2)CCCC3)ccc1Cl. The second kappa shape index (κ2) is 7.97. The number of nitrogens with one attached hydrogen (secondary N) is 1. The zero-order chi connectivity index (χ0) is 19.6. The van der Waals surface area contributed by atoms with Crippen LogP contribution in [0.4, 0.5) is 0 Å². The first-order valence-corrected chi connectivity index (χ1v) is 10.3. The molecule has 1 aromatic carbocycles. The van der Waals surface area contributed by atoms with E-state index in [2.05, 4.69) is 14.9 Å². The molecule has 0 atom stereocenters. The maximum absolute atomic E-state index is 12.5. The number of imidazole rings is 1. The van der Waals surface area contributed by atoms with Crippen LogP contribution < -0.4 is 5.32 Å². The molecule has 1 amide bonds. The van der Waals surface area contributed by atoms with Crippen molar-refractivity contribution in [3.05, 3.63) is 46.5 Å². The molecule has 146 valence electrons. The lowest BCUT2D eigenvalue weighted by atomic mass is 10.2. The summed E-state index contributed by atoms with van der Waals surface area (Å²) >= 11 is 6.01. The van der Waals surface area contributed by atoms with Crippen molar-refractivity contribution >= 4 is 27.5 Å². The predicted molar refractivity (Wildman–Crippen MR) is 99.7 cm³/mol. The highest BCUT2D eigenvalue weighted by Crippen LogP contribution is 2.25. The van der Waals surface area contributed by atoms with Gasteiger partial charge in [0.1, 0.15) is 10.7 Å². The Hall–Kier alpha value is -1.94. The van der Waals surface area contributed by atoms with Gasteiger partial charge in [0.25, 0.3) is 15.9 Å². The number of amides is 1. The van der Waals surface area contributed by atoms with Crippen LogP contribution in [-0.2, 0) is 34.4 Å². The number of sulfonamides is 1. The van der Waals surface area contributed by atoms with Gasteiger partial charge < -0.3 is 9.88 Å². The van der Waals surface area contributed by atoms with Crippen LogP contribution in [0.5, 0.6) is 0 Å². The highest BCUT2D eigenvalue weighted by molar-refractivity contribution is 7.89. The van der Waals surface area contributed by atoms with Gasteiger partial charge in [0.05, 0.1) is 24.4 Å². The van der Waals surface area contributed by atoms with Gasteiger partial charge in [0, 0.05) is 31.8 Å². The number of aromatic nitrogens is 2. The van der Waals surface area contributed by atoms with Gasteiger partial charge in [-0.25, -0.2) is 13.4 Å². The standard InChI is InChI=1S/C17H21ClN4O4S/c1-21(26-2)27(24,25)15-9-12(6-7-14(15)18)17(23)19-10-13-11-22-8-4-3-5-16(22)20-13/h6-7,9,11H,3-5,8,10H2,1-2H3,(H,19,23). The monoisotopic (exact) mass is 412 g/mol. The number of nitrogens with zero attached hydrogens (tertiary/aromatic N) is 3. The average Bonchev–Trinajstić information content (AvgIpc) is 3.08. The van der Waals surface area contributed by atoms with Crippen molar-refractivity contribution < 1.29 is 18.0 Å². The van der Waals surface area contributed by atoms with E-state index in [-0.39, 0.29) is 22.0 Å². The molecule has 0 radical (unpaired) electrons. The van der Waals surface area contributed by atoms with E-state index in [0.29, 0.717) is 4.47 Å². The Morgan fingerprint density at radius 3 is 2.89 bits per heavy atom. The summed E-state index contributed by atoms with van der Waals surface area (Å²) in [4.78, 5) is 21.5. The normalized spacial score (nSPS) is 14.2. The Morgan fingerprint density at radius 2 is 2.19 bits per heavy atom. The number of fused-ring (bicyclic) bond motifs is 1. The first kappa shape index (κ1) is 19.8.